The lowest BCUT2D eigenvalue weighted by atomic mass is 9.82. The van der Waals surface area contributed by atoms with Crippen molar-refractivity contribution in [1.82, 2.24) is 4.31 Å². The monoisotopic (exact) mass is 605 g/mol. The molecule has 1 heterocycles. The quantitative estimate of drug-likeness (QED) is 0.246. The van der Waals surface area contributed by atoms with Gasteiger partial charge in [0.25, 0.3) is 10.0 Å². The Hall–Kier alpha value is -3.18. The molecule has 0 unspecified atom stereocenters. The predicted molar refractivity (Wildman–Crippen MR) is 170 cm³/mol. The third-order valence-corrected chi connectivity index (χ3v) is 13.8. The minimum absolute atomic E-state index is 0.171. The van der Waals surface area contributed by atoms with E-state index in [4.69, 9.17) is 14.0 Å². The summed E-state index contributed by atoms with van der Waals surface area (Å²) in [5.74, 6) is -0.447. The summed E-state index contributed by atoms with van der Waals surface area (Å²) in [6.45, 7) is 14.1. The first-order valence-corrected chi connectivity index (χ1v) is 18.4. The summed E-state index contributed by atoms with van der Waals surface area (Å²) in [5.41, 5.74) is 1.13. The molecule has 1 aliphatic heterocycles. The second-order valence-corrected chi connectivity index (χ2v) is 18.5. The minimum Gasteiger partial charge on any atom is -0.465 e. The van der Waals surface area contributed by atoms with Crippen molar-refractivity contribution in [3.8, 4) is 0 Å². The summed E-state index contributed by atoms with van der Waals surface area (Å²) in [7, 11) is -4.78. The maximum atomic E-state index is 14.3. The Morgan fingerprint density at radius 2 is 1.33 bits per heavy atom. The van der Waals surface area contributed by atoms with E-state index in [2.05, 4.69) is 25.2 Å². The van der Waals surface area contributed by atoms with Crippen LogP contribution in [0, 0.1) is 6.92 Å². The van der Waals surface area contributed by atoms with Gasteiger partial charge in [-0.2, -0.15) is 0 Å². The summed E-state index contributed by atoms with van der Waals surface area (Å²) >= 11 is 0. The maximum absolute atomic E-state index is 14.3. The third kappa shape index (κ3) is 5.86. The molecule has 0 atom stereocenters. The number of hydrogen-bond acceptors (Lipinski definition) is 6. The fraction of sp³-hybridized carbons (Fsp3) is 0.344. The van der Waals surface area contributed by atoms with Crippen molar-refractivity contribution in [2.75, 3.05) is 14.2 Å². The molecule has 4 rings (SSSR count). The van der Waals surface area contributed by atoms with Gasteiger partial charge in [-0.3, -0.25) is 4.31 Å². The number of ether oxygens (including phenoxy) is 1. The smallest absolute Gasteiger partial charge is 0.465 e. The maximum Gasteiger partial charge on any atom is 0.513 e. The average molecular weight is 606 g/mol. The largest absolute Gasteiger partial charge is 0.513 e. The van der Waals surface area contributed by atoms with Gasteiger partial charge in [0, 0.05) is 7.05 Å². The van der Waals surface area contributed by atoms with Crippen molar-refractivity contribution in [2.45, 2.75) is 63.8 Å². The van der Waals surface area contributed by atoms with Crippen LogP contribution in [0.15, 0.2) is 89.4 Å². The van der Waals surface area contributed by atoms with Crippen LogP contribution in [0.1, 0.15) is 49.2 Å². The van der Waals surface area contributed by atoms with Crippen molar-refractivity contribution in [1.29, 1.82) is 0 Å². The van der Waals surface area contributed by atoms with Gasteiger partial charge in [0.2, 0.25) is 0 Å². The Morgan fingerprint density at radius 1 is 0.833 bits per heavy atom. The summed E-state index contributed by atoms with van der Waals surface area (Å²) in [6, 6.07) is 24.0. The lowest BCUT2D eigenvalue weighted by Gasteiger charge is -2.34. The molecule has 0 bridgehead atoms. The predicted octanol–water partition coefficient (Wildman–Crippen LogP) is 5.60. The van der Waals surface area contributed by atoms with E-state index in [0.717, 1.165) is 21.5 Å². The molecule has 3 aromatic rings. The Balaban J connectivity index is 2.07. The molecule has 0 amide bonds. The van der Waals surface area contributed by atoms with E-state index >= 15 is 0 Å². The minimum atomic E-state index is -4.02. The standard InChI is InChI=1S/C32H40BNO6SSi/c1-23-15-21-26(22-16-23)41(36,37)34(6)29(33-39-31(2,3)32(4,5)40-33)28(42(8,9)27-13-11-10-12-14-27)24-17-19-25(20-18-24)30(35)38-7/h10-22H,1-9H3/b29-28+. The molecule has 1 saturated heterocycles. The number of benzene rings is 3. The second-order valence-electron chi connectivity index (χ2n) is 12.2. The van der Waals surface area contributed by atoms with Gasteiger partial charge in [0.05, 0.1) is 34.4 Å². The van der Waals surface area contributed by atoms with Crippen LogP contribution in [0.3, 0.4) is 0 Å². The molecule has 222 valence electrons. The first-order valence-electron chi connectivity index (χ1n) is 13.9. The van der Waals surface area contributed by atoms with Crippen LogP contribution < -0.4 is 5.19 Å². The van der Waals surface area contributed by atoms with Gasteiger partial charge in [0.1, 0.15) is 8.07 Å². The Morgan fingerprint density at radius 3 is 1.83 bits per heavy atom. The molecular formula is C32H40BNO6SSi. The fourth-order valence-corrected chi connectivity index (χ4v) is 9.54. The van der Waals surface area contributed by atoms with E-state index in [1.54, 1.807) is 43.4 Å². The number of sulfonamides is 1. The molecule has 0 radical (unpaired) electrons. The van der Waals surface area contributed by atoms with Gasteiger partial charge >= 0.3 is 13.1 Å². The Labute approximate surface area is 251 Å². The first-order chi connectivity index (χ1) is 19.5. The molecule has 42 heavy (non-hydrogen) atoms. The van der Waals surface area contributed by atoms with E-state index in [9.17, 15) is 13.2 Å². The molecular weight excluding hydrogens is 565 g/mol. The van der Waals surface area contributed by atoms with Gasteiger partial charge in [-0.1, -0.05) is 78.4 Å². The zero-order valence-electron chi connectivity index (χ0n) is 25.9. The average Bonchev–Trinajstić information content (AvgIpc) is 3.17. The van der Waals surface area contributed by atoms with E-state index < -0.39 is 42.4 Å². The normalized spacial score (nSPS) is 17.0. The van der Waals surface area contributed by atoms with Crippen LogP contribution in [0.4, 0.5) is 0 Å². The zero-order valence-corrected chi connectivity index (χ0v) is 27.7. The fourth-order valence-electron chi connectivity index (χ4n) is 5.10. The number of carbonyl (C=O) groups excluding carboxylic acids is 1. The van der Waals surface area contributed by atoms with Gasteiger partial charge in [-0.15, -0.1) is 0 Å². The number of aryl methyl sites for hydroxylation is 1. The van der Waals surface area contributed by atoms with Crippen LogP contribution in [-0.2, 0) is 24.1 Å². The third-order valence-electron chi connectivity index (χ3n) is 8.47. The molecule has 0 spiro atoms. The van der Waals surface area contributed by atoms with Crippen molar-refractivity contribution >= 4 is 41.6 Å². The summed E-state index contributed by atoms with van der Waals surface area (Å²) in [4.78, 5) is 12.4. The van der Waals surface area contributed by atoms with Crippen LogP contribution in [0.5, 0.6) is 0 Å². The van der Waals surface area contributed by atoms with E-state index in [1.165, 1.54) is 11.4 Å². The highest BCUT2D eigenvalue weighted by atomic mass is 32.2. The summed E-state index contributed by atoms with van der Waals surface area (Å²) in [6.07, 6.45) is 0. The van der Waals surface area contributed by atoms with Crippen molar-refractivity contribution in [2.24, 2.45) is 0 Å². The number of nitrogens with zero attached hydrogens (tertiary/aromatic N) is 1. The lowest BCUT2D eigenvalue weighted by molar-refractivity contribution is 0.00578. The molecule has 0 N–H and O–H groups in total. The highest BCUT2D eigenvalue weighted by Crippen LogP contribution is 2.43. The highest BCUT2D eigenvalue weighted by Gasteiger charge is 2.55. The van der Waals surface area contributed by atoms with Gasteiger partial charge in [-0.25, -0.2) is 13.2 Å². The van der Waals surface area contributed by atoms with Gasteiger partial charge in [-0.05, 0) is 69.6 Å². The van der Waals surface area contributed by atoms with Crippen LogP contribution in [-0.4, -0.2) is 59.2 Å². The van der Waals surface area contributed by atoms with E-state index in [1.807, 2.05) is 65.0 Å². The van der Waals surface area contributed by atoms with Crippen molar-refractivity contribution in [3.05, 3.63) is 101 Å². The Bertz CT molecular complexity index is 1570. The van der Waals surface area contributed by atoms with Crippen LogP contribution >= 0.6 is 0 Å². The van der Waals surface area contributed by atoms with Crippen LogP contribution in [0.2, 0.25) is 13.1 Å². The lowest BCUT2D eigenvalue weighted by Crippen LogP contribution is -2.48. The molecule has 0 aromatic heterocycles. The number of rotatable bonds is 8. The first kappa shape index (κ1) is 31.8. The molecule has 0 saturated carbocycles. The van der Waals surface area contributed by atoms with Crippen molar-refractivity contribution < 1.29 is 27.3 Å². The number of hydrogen-bond donors (Lipinski definition) is 0. The van der Waals surface area contributed by atoms with Crippen molar-refractivity contribution in [3.63, 3.8) is 0 Å². The summed E-state index contributed by atoms with van der Waals surface area (Å²) < 4.78 is 47.9. The molecule has 7 nitrogen and oxygen atoms in total. The second kappa shape index (κ2) is 11.5. The van der Waals surface area contributed by atoms with E-state index in [0.29, 0.717) is 11.2 Å². The topological polar surface area (TPSA) is 82.1 Å². The number of carbonyl (C=O) groups is 1. The van der Waals surface area contributed by atoms with Crippen LogP contribution in [0.25, 0.3) is 5.20 Å². The number of methoxy groups -OCH3 is 1. The molecule has 1 fully saturated rings. The zero-order chi connectivity index (χ0) is 31.1. The number of esters is 1. The molecule has 10 heteroatoms. The van der Waals surface area contributed by atoms with Gasteiger partial charge in [0.15, 0.2) is 0 Å². The van der Waals surface area contributed by atoms with E-state index in [-0.39, 0.29) is 4.90 Å². The Kier molecular flexibility index (Phi) is 8.68. The summed E-state index contributed by atoms with van der Waals surface area (Å²) in [5, 5.41) is 1.92. The molecule has 3 aromatic carbocycles. The molecule has 0 aliphatic carbocycles. The highest BCUT2D eigenvalue weighted by molar-refractivity contribution is 7.89. The SMILES string of the molecule is COC(=O)c1ccc(/C(=C(/B2OC(C)(C)C(C)(C)O2)N(C)S(=O)(=O)c2ccc(C)cc2)[Si](C)(C)c2ccccc2)cc1. The van der Waals surface area contributed by atoms with Gasteiger partial charge < -0.3 is 14.0 Å². The molecule has 1 aliphatic rings.